The first kappa shape index (κ1) is 10.9. The summed E-state index contributed by atoms with van der Waals surface area (Å²) < 4.78 is 0. The van der Waals surface area contributed by atoms with Crippen molar-refractivity contribution in [3.63, 3.8) is 0 Å². The number of hydrogen-bond donors (Lipinski definition) is 0. The van der Waals surface area contributed by atoms with Crippen LogP contribution in [0.4, 0.5) is 0 Å². The topological polar surface area (TPSA) is 17.1 Å². The van der Waals surface area contributed by atoms with E-state index in [1.54, 1.807) is 12.1 Å². The zero-order valence-corrected chi connectivity index (χ0v) is 9.66. The predicted molar refractivity (Wildman–Crippen MR) is 66.8 cm³/mol. The van der Waals surface area contributed by atoms with E-state index in [4.69, 9.17) is 11.6 Å². The minimum absolute atomic E-state index is 0.420. The van der Waals surface area contributed by atoms with Crippen LogP contribution in [0, 0.1) is 6.92 Å². The molecule has 16 heavy (non-hydrogen) atoms. The van der Waals surface area contributed by atoms with Gasteiger partial charge in [-0.05, 0) is 47.3 Å². The molecule has 0 atom stereocenters. The number of carbonyl (C=O) groups excluding carboxylic acids is 1. The number of rotatable bonds is 2. The Hall–Kier alpha value is -1.60. The van der Waals surface area contributed by atoms with Crippen molar-refractivity contribution in [2.75, 3.05) is 0 Å². The van der Waals surface area contributed by atoms with E-state index in [-0.39, 0.29) is 0 Å². The number of benzene rings is 2. The lowest BCUT2D eigenvalue weighted by Crippen LogP contribution is -1.88. The fourth-order valence-electron chi connectivity index (χ4n) is 1.68. The second-order valence-corrected chi connectivity index (χ2v) is 4.01. The van der Waals surface area contributed by atoms with Gasteiger partial charge in [0.1, 0.15) is 0 Å². The molecule has 0 spiro atoms. The van der Waals surface area contributed by atoms with Crippen LogP contribution in [0.3, 0.4) is 0 Å². The van der Waals surface area contributed by atoms with Crippen LogP contribution in [0.2, 0.25) is 0 Å². The van der Waals surface area contributed by atoms with E-state index >= 15 is 0 Å². The molecule has 0 aliphatic rings. The summed E-state index contributed by atoms with van der Waals surface area (Å²) in [6.07, 6.45) is 0. The van der Waals surface area contributed by atoms with Gasteiger partial charge in [0.05, 0.1) is 0 Å². The molecule has 2 rings (SSSR count). The highest BCUT2D eigenvalue weighted by Gasteiger charge is 2.03. The SMILES string of the molecule is Cc1ccccc1-c1ccc(C(=O)Cl)cc1. The molecule has 0 bridgehead atoms. The van der Waals surface area contributed by atoms with Crippen LogP contribution in [0.1, 0.15) is 15.9 Å². The molecule has 0 heterocycles. The van der Waals surface area contributed by atoms with Gasteiger partial charge in [0.25, 0.3) is 5.24 Å². The normalized spacial score (nSPS) is 10.1. The highest BCUT2D eigenvalue weighted by atomic mass is 35.5. The minimum atomic E-state index is -0.420. The molecular formula is C14H11ClO. The molecule has 0 aromatic heterocycles. The third-order valence-electron chi connectivity index (χ3n) is 2.57. The average molecular weight is 231 g/mol. The molecule has 2 heteroatoms. The summed E-state index contributed by atoms with van der Waals surface area (Å²) in [6.45, 7) is 2.07. The molecule has 0 fully saturated rings. The maximum Gasteiger partial charge on any atom is 0.252 e. The molecule has 0 saturated carbocycles. The van der Waals surface area contributed by atoms with Gasteiger partial charge < -0.3 is 0 Å². The van der Waals surface area contributed by atoms with Crippen molar-refractivity contribution in [3.05, 3.63) is 59.7 Å². The van der Waals surface area contributed by atoms with E-state index in [1.807, 2.05) is 24.3 Å². The lowest BCUT2D eigenvalue weighted by Gasteiger charge is -2.05. The van der Waals surface area contributed by atoms with Crippen LogP contribution >= 0.6 is 11.6 Å². The summed E-state index contributed by atoms with van der Waals surface area (Å²) in [6, 6.07) is 15.5. The van der Waals surface area contributed by atoms with Crippen molar-refractivity contribution < 1.29 is 4.79 Å². The Morgan fingerprint density at radius 3 is 2.19 bits per heavy atom. The van der Waals surface area contributed by atoms with Crippen molar-refractivity contribution >= 4 is 16.8 Å². The first-order valence-corrected chi connectivity index (χ1v) is 5.42. The molecular weight excluding hydrogens is 220 g/mol. The Labute approximate surface area is 99.7 Å². The van der Waals surface area contributed by atoms with Crippen LogP contribution in [-0.2, 0) is 0 Å². The first-order chi connectivity index (χ1) is 7.68. The van der Waals surface area contributed by atoms with E-state index in [0.29, 0.717) is 5.56 Å². The molecule has 0 amide bonds. The minimum Gasteiger partial charge on any atom is -0.276 e. The quantitative estimate of drug-likeness (QED) is 0.712. The molecule has 0 N–H and O–H groups in total. The summed E-state index contributed by atoms with van der Waals surface area (Å²) in [4.78, 5) is 10.9. The molecule has 0 radical (unpaired) electrons. The van der Waals surface area contributed by atoms with E-state index in [9.17, 15) is 4.79 Å². The standard InChI is InChI=1S/C14H11ClO/c1-10-4-2-3-5-13(10)11-6-8-12(9-7-11)14(15)16/h2-9H,1H3. The third kappa shape index (κ3) is 2.15. The van der Waals surface area contributed by atoms with Gasteiger partial charge in [-0.1, -0.05) is 36.4 Å². The molecule has 0 aliphatic heterocycles. The van der Waals surface area contributed by atoms with Crippen LogP contribution in [0.25, 0.3) is 11.1 Å². The second kappa shape index (κ2) is 4.50. The fraction of sp³-hybridized carbons (Fsp3) is 0.0714. The van der Waals surface area contributed by atoms with Gasteiger partial charge >= 0.3 is 0 Å². The second-order valence-electron chi connectivity index (χ2n) is 3.67. The van der Waals surface area contributed by atoms with Crippen molar-refractivity contribution in [2.45, 2.75) is 6.92 Å². The van der Waals surface area contributed by atoms with Crippen LogP contribution in [-0.4, -0.2) is 5.24 Å². The number of hydrogen-bond acceptors (Lipinski definition) is 1. The summed E-state index contributed by atoms with van der Waals surface area (Å²) in [5, 5.41) is -0.420. The third-order valence-corrected chi connectivity index (χ3v) is 2.79. The summed E-state index contributed by atoms with van der Waals surface area (Å²) in [5.41, 5.74) is 4.02. The first-order valence-electron chi connectivity index (χ1n) is 5.04. The smallest absolute Gasteiger partial charge is 0.252 e. The monoisotopic (exact) mass is 230 g/mol. The van der Waals surface area contributed by atoms with E-state index in [1.165, 1.54) is 11.1 Å². The average Bonchev–Trinajstić information content (AvgIpc) is 2.30. The van der Waals surface area contributed by atoms with Gasteiger partial charge in [-0.2, -0.15) is 0 Å². The van der Waals surface area contributed by atoms with Crippen LogP contribution in [0.15, 0.2) is 48.5 Å². The van der Waals surface area contributed by atoms with Crippen molar-refractivity contribution in [2.24, 2.45) is 0 Å². The predicted octanol–water partition coefficient (Wildman–Crippen LogP) is 4.04. The Kier molecular flexibility index (Phi) is 3.07. The lowest BCUT2D eigenvalue weighted by atomic mass is 10.00. The van der Waals surface area contributed by atoms with Gasteiger partial charge in [-0.25, -0.2) is 0 Å². The highest BCUT2D eigenvalue weighted by Crippen LogP contribution is 2.23. The number of aryl methyl sites for hydroxylation is 1. The summed E-state index contributed by atoms with van der Waals surface area (Å²) in [7, 11) is 0. The van der Waals surface area contributed by atoms with Crippen LogP contribution < -0.4 is 0 Å². The molecule has 0 unspecified atom stereocenters. The van der Waals surface area contributed by atoms with Gasteiger partial charge in [0, 0.05) is 5.56 Å². The zero-order chi connectivity index (χ0) is 11.5. The van der Waals surface area contributed by atoms with Gasteiger partial charge in [0.15, 0.2) is 0 Å². The Morgan fingerprint density at radius 2 is 1.62 bits per heavy atom. The molecule has 80 valence electrons. The molecule has 2 aromatic carbocycles. The molecule has 1 nitrogen and oxygen atoms in total. The Morgan fingerprint density at radius 1 is 1.00 bits per heavy atom. The molecule has 0 aliphatic carbocycles. The van der Waals surface area contributed by atoms with E-state index in [0.717, 1.165) is 5.56 Å². The number of carbonyl (C=O) groups is 1. The fourth-order valence-corrected chi connectivity index (χ4v) is 1.80. The maximum atomic E-state index is 10.9. The van der Waals surface area contributed by atoms with Crippen LogP contribution in [0.5, 0.6) is 0 Å². The van der Waals surface area contributed by atoms with E-state index < -0.39 is 5.24 Å². The van der Waals surface area contributed by atoms with Gasteiger partial charge in [-0.3, -0.25) is 4.79 Å². The molecule has 0 saturated heterocycles. The highest BCUT2D eigenvalue weighted by molar-refractivity contribution is 6.67. The summed E-state index contributed by atoms with van der Waals surface area (Å²) in [5.74, 6) is 0. The summed E-state index contributed by atoms with van der Waals surface area (Å²) >= 11 is 5.39. The van der Waals surface area contributed by atoms with Gasteiger partial charge in [0.2, 0.25) is 0 Å². The zero-order valence-electron chi connectivity index (χ0n) is 8.91. The van der Waals surface area contributed by atoms with Crippen molar-refractivity contribution in [1.82, 2.24) is 0 Å². The van der Waals surface area contributed by atoms with Gasteiger partial charge in [-0.15, -0.1) is 0 Å². The largest absolute Gasteiger partial charge is 0.276 e. The Bertz CT molecular complexity index is 515. The number of halogens is 1. The molecule has 2 aromatic rings. The van der Waals surface area contributed by atoms with E-state index in [2.05, 4.69) is 19.1 Å². The van der Waals surface area contributed by atoms with Crippen molar-refractivity contribution in [3.8, 4) is 11.1 Å². The van der Waals surface area contributed by atoms with Crippen molar-refractivity contribution in [1.29, 1.82) is 0 Å². The Balaban J connectivity index is 2.43. The maximum absolute atomic E-state index is 10.9. The lowest BCUT2D eigenvalue weighted by molar-refractivity contribution is 0.108.